The quantitative estimate of drug-likeness (QED) is 0.521. The third-order valence-electron chi connectivity index (χ3n) is 3.66. The zero-order valence-electron chi connectivity index (χ0n) is 16.0. The summed E-state index contributed by atoms with van der Waals surface area (Å²) in [6, 6.07) is 10.2. The first kappa shape index (κ1) is 20.5. The normalized spacial score (nSPS) is 12.4. The molecule has 1 atom stereocenters. The fourth-order valence-electron chi connectivity index (χ4n) is 2.25. The van der Waals surface area contributed by atoms with Gasteiger partial charge in [-0.15, -0.1) is 0 Å². The van der Waals surface area contributed by atoms with Crippen LogP contribution in [0.1, 0.15) is 25.8 Å². The zero-order chi connectivity index (χ0) is 19.5. The Morgan fingerprint density at radius 2 is 2.04 bits per heavy atom. The molecule has 1 unspecified atom stereocenters. The lowest BCUT2D eigenvalue weighted by atomic mass is 10.3. The van der Waals surface area contributed by atoms with Crippen LogP contribution in [-0.2, 0) is 6.54 Å². The van der Waals surface area contributed by atoms with Crippen LogP contribution in [0.4, 0.5) is 4.39 Å². The summed E-state index contributed by atoms with van der Waals surface area (Å²) >= 11 is 0. The van der Waals surface area contributed by atoms with Gasteiger partial charge in [-0.05, 0) is 31.0 Å². The number of hydrogen-bond acceptors (Lipinski definition) is 4. The Morgan fingerprint density at radius 1 is 1.22 bits per heavy atom. The summed E-state index contributed by atoms with van der Waals surface area (Å²) in [5.41, 5.74) is 1.01. The van der Waals surface area contributed by atoms with Gasteiger partial charge < -0.3 is 20.1 Å². The number of halogens is 1. The molecule has 2 rings (SSSR count). The van der Waals surface area contributed by atoms with Crippen LogP contribution < -0.4 is 20.1 Å². The van der Waals surface area contributed by atoms with E-state index in [0.717, 1.165) is 12.0 Å². The molecule has 0 bridgehead atoms. The second-order valence-electron chi connectivity index (χ2n) is 6.02. The first-order valence-electron chi connectivity index (χ1n) is 9.05. The maximum Gasteiger partial charge on any atom is 0.213 e. The number of nitrogens with one attached hydrogen (secondary N) is 2. The van der Waals surface area contributed by atoms with Gasteiger partial charge in [0.1, 0.15) is 6.10 Å². The van der Waals surface area contributed by atoms with Crippen molar-refractivity contribution in [3.8, 4) is 11.6 Å². The van der Waals surface area contributed by atoms with Crippen molar-refractivity contribution in [1.29, 1.82) is 0 Å². The highest BCUT2D eigenvalue weighted by Crippen LogP contribution is 2.16. The molecule has 0 aliphatic heterocycles. The number of aromatic nitrogens is 1. The van der Waals surface area contributed by atoms with Gasteiger partial charge in [-0.25, -0.2) is 9.37 Å². The summed E-state index contributed by atoms with van der Waals surface area (Å²) in [7, 11) is 1.69. The molecule has 0 aliphatic rings. The summed E-state index contributed by atoms with van der Waals surface area (Å²) in [5, 5.41) is 6.37. The van der Waals surface area contributed by atoms with Crippen molar-refractivity contribution in [2.24, 2.45) is 4.99 Å². The molecule has 0 spiro atoms. The molecule has 0 radical (unpaired) electrons. The molecule has 0 aliphatic carbocycles. The van der Waals surface area contributed by atoms with Gasteiger partial charge in [0.2, 0.25) is 5.88 Å². The molecule has 0 amide bonds. The van der Waals surface area contributed by atoms with E-state index in [9.17, 15) is 4.39 Å². The van der Waals surface area contributed by atoms with Gasteiger partial charge in [0.15, 0.2) is 17.5 Å². The molecule has 6 nitrogen and oxygen atoms in total. The number of hydrogen-bond donors (Lipinski definition) is 2. The molecule has 27 heavy (non-hydrogen) atoms. The summed E-state index contributed by atoms with van der Waals surface area (Å²) < 4.78 is 24.7. The highest BCUT2D eigenvalue weighted by Gasteiger charge is 2.09. The number of benzene rings is 1. The number of nitrogens with zero attached hydrogens (tertiary/aromatic N) is 2. The molecule has 146 valence electrons. The molecule has 2 N–H and O–H groups in total. The third kappa shape index (κ3) is 7.13. The van der Waals surface area contributed by atoms with Gasteiger partial charge >= 0.3 is 0 Å². The van der Waals surface area contributed by atoms with E-state index in [0.29, 0.717) is 31.5 Å². The van der Waals surface area contributed by atoms with Crippen LogP contribution in [0.25, 0.3) is 0 Å². The molecule has 1 heterocycles. The van der Waals surface area contributed by atoms with E-state index >= 15 is 0 Å². The van der Waals surface area contributed by atoms with E-state index in [-0.39, 0.29) is 17.7 Å². The molecule has 2 aromatic rings. The van der Waals surface area contributed by atoms with E-state index in [4.69, 9.17) is 9.47 Å². The molecule has 7 heteroatoms. The molecular formula is C20H27FN4O2. The lowest BCUT2D eigenvalue weighted by Crippen LogP contribution is -2.41. The van der Waals surface area contributed by atoms with Crippen molar-refractivity contribution in [2.45, 2.75) is 32.9 Å². The van der Waals surface area contributed by atoms with E-state index in [1.54, 1.807) is 31.4 Å². The number of guanidine groups is 1. The lowest BCUT2D eigenvalue weighted by molar-refractivity contribution is 0.214. The van der Waals surface area contributed by atoms with Crippen LogP contribution in [0.5, 0.6) is 11.6 Å². The highest BCUT2D eigenvalue weighted by atomic mass is 19.1. The Morgan fingerprint density at radius 3 is 2.70 bits per heavy atom. The van der Waals surface area contributed by atoms with Gasteiger partial charge in [-0.2, -0.15) is 0 Å². The zero-order valence-corrected chi connectivity index (χ0v) is 16.0. The van der Waals surface area contributed by atoms with E-state index in [1.807, 2.05) is 19.1 Å². The van der Waals surface area contributed by atoms with Crippen LogP contribution in [0.3, 0.4) is 0 Å². The van der Waals surface area contributed by atoms with Gasteiger partial charge in [0, 0.05) is 25.9 Å². The van der Waals surface area contributed by atoms with Crippen LogP contribution in [-0.4, -0.2) is 37.2 Å². The third-order valence-corrected chi connectivity index (χ3v) is 3.66. The Hall–Kier alpha value is -2.83. The van der Waals surface area contributed by atoms with Crippen molar-refractivity contribution >= 4 is 5.96 Å². The standard InChI is InChI=1S/C20H27FN4O2/c1-4-11-26-19-10-9-16(13-23-19)14-25-20(22-3)24-12-15(2)27-18-8-6-5-7-17(18)21/h5-10,13,15H,4,11-12,14H2,1-3H3,(H2,22,24,25). The van der Waals surface area contributed by atoms with Gasteiger partial charge in [0.25, 0.3) is 0 Å². The van der Waals surface area contributed by atoms with Crippen molar-refractivity contribution in [3.05, 3.63) is 54.0 Å². The van der Waals surface area contributed by atoms with E-state index in [1.165, 1.54) is 6.07 Å². The van der Waals surface area contributed by atoms with Crippen LogP contribution >= 0.6 is 0 Å². The average Bonchev–Trinajstić information content (AvgIpc) is 2.69. The monoisotopic (exact) mass is 374 g/mol. The number of pyridine rings is 1. The first-order valence-corrected chi connectivity index (χ1v) is 9.05. The molecular weight excluding hydrogens is 347 g/mol. The molecule has 0 fully saturated rings. The van der Waals surface area contributed by atoms with Crippen LogP contribution in [0, 0.1) is 5.82 Å². The van der Waals surface area contributed by atoms with Crippen LogP contribution in [0.15, 0.2) is 47.6 Å². The number of rotatable bonds is 9. The van der Waals surface area contributed by atoms with E-state index < -0.39 is 0 Å². The SMILES string of the molecule is CCCOc1ccc(CNC(=NC)NCC(C)Oc2ccccc2F)cn1. The largest absolute Gasteiger partial charge is 0.486 e. The fraction of sp³-hybridized carbons (Fsp3) is 0.400. The number of para-hydroxylation sites is 1. The van der Waals surface area contributed by atoms with Gasteiger partial charge in [-0.3, -0.25) is 4.99 Å². The Labute approximate surface area is 159 Å². The minimum absolute atomic E-state index is 0.225. The predicted octanol–water partition coefficient (Wildman–Crippen LogP) is 3.14. The summed E-state index contributed by atoms with van der Waals surface area (Å²) in [5.74, 6) is 1.13. The summed E-state index contributed by atoms with van der Waals surface area (Å²) in [6.45, 7) is 5.64. The number of aliphatic imine (C=N–C) groups is 1. The lowest BCUT2D eigenvalue weighted by Gasteiger charge is -2.18. The topological polar surface area (TPSA) is 67.8 Å². The van der Waals surface area contributed by atoms with Crippen LogP contribution in [0.2, 0.25) is 0 Å². The number of ether oxygens (including phenoxy) is 2. The maximum atomic E-state index is 13.6. The summed E-state index contributed by atoms with van der Waals surface area (Å²) in [6.07, 6.45) is 2.50. The van der Waals surface area contributed by atoms with E-state index in [2.05, 4.69) is 27.5 Å². The van der Waals surface area contributed by atoms with Gasteiger partial charge in [0.05, 0.1) is 13.2 Å². The van der Waals surface area contributed by atoms with Crippen molar-refractivity contribution < 1.29 is 13.9 Å². The smallest absolute Gasteiger partial charge is 0.213 e. The fourth-order valence-corrected chi connectivity index (χ4v) is 2.25. The Balaban J connectivity index is 1.76. The minimum Gasteiger partial charge on any atom is -0.486 e. The summed E-state index contributed by atoms with van der Waals surface area (Å²) in [4.78, 5) is 8.45. The first-order chi connectivity index (χ1) is 13.1. The predicted molar refractivity (Wildman–Crippen MR) is 105 cm³/mol. The van der Waals surface area contributed by atoms with Crippen molar-refractivity contribution in [2.75, 3.05) is 20.2 Å². The van der Waals surface area contributed by atoms with Crippen molar-refractivity contribution in [1.82, 2.24) is 15.6 Å². The Kier molecular flexibility index (Phi) is 8.35. The second-order valence-corrected chi connectivity index (χ2v) is 6.02. The van der Waals surface area contributed by atoms with Gasteiger partial charge in [-0.1, -0.05) is 25.1 Å². The van der Waals surface area contributed by atoms with Crippen molar-refractivity contribution in [3.63, 3.8) is 0 Å². The highest BCUT2D eigenvalue weighted by molar-refractivity contribution is 5.79. The second kappa shape index (κ2) is 11.0. The molecule has 0 saturated carbocycles. The molecule has 0 saturated heterocycles. The average molecular weight is 374 g/mol. The Bertz CT molecular complexity index is 722. The maximum absolute atomic E-state index is 13.6. The molecule has 1 aromatic carbocycles. The molecule has 1 aromatic heterocycles. The minimum atomic E-state index is -0.370.